The van der Waals surface area contributed by atoms with Crippen LogP contribution in [-0.4, -0.2) is 18.5 Å². The molecule has 0 aromatic rings. The summed E-state index contributed by atoms with van der Waals surface area (Å²) >= 11 is 0. The molecule has 0 saturated heterocycles. The zero-order valence-electron chi connectivity index (χ0n) is 11.1. The molecule has 0 rings (SSSR count). The van der Waals surface area contributed by atoms with Gasteiger partial charge in [0.2, 0.25) is 0 Å². The van der Waals surface area contributed by atoms with Crippen LogP contribution in [0.3, 0.4) is 0 Å². The molecule has 0 fully saturated rings. The molecule has 0 N–H and O–H groups in total. The van der Waals surface area contributed by atoms with Crippen molar-refractivity contribution in [2.45, 2.75) is 58.4 Å². The van der Waals surface area contributed by atoms with Crippen LogP contribution in [0.25, 0.3) is 0 Å². The molecule has 0 atom stereocenters. The average molecular weight is 278 g/mol. The fraction of sp³-hybridized carbons (Fsp3) is 0.900. The first-order chi connectivity index (χ1) is 7.10. The van der Waals surface area contributed by atoms with E-state index in [0.717, 1.165) is 0 Å². The topological polar surface area (TPSA) is 26.3 Å². The summed E-state index contributed by atoms with van der Waals surface area (Å²) in [7, 11) is 0. The molecule has 0 spiro atoms. The van der Waals surface area contributed by atoms with Crippen LogP contribution in [0.5, 0.6) is 0 Å². The van der Waals surface area contributed by atoms with Gasteiger partial charge in [0.15, 0.2) is 0 Å². The van der Waals surface area contributed by atoms with Crippen molar-refractivity contribution in [1.82, 2.24) is 0 Å². The third kappa shape index (κ3) is 17.0. The molecule has 0 heterocycles. The zero-order valence-corrected chi connectivity index (χ0v) is 14.2. The van der Waals surface area contributed by atoms with Crippen LogP contribution in [-0.2, 0) is 9.53 Å². The van der Waals surface area contributed by atoms with Crippen molar-refractivity contribution in [1.29, 1.82) is 0 Å². The number of carbonyl (C=O) groups is 1. The molecule has 0 aliphatic rings. The second-order valence-electron chi connectivity index (χ2n) is 4.90. The minimum Gasteiger partial charge on any atom is -0.460 e. The zero-order chi connectivity index (χ0) is 12.8. The number of unbranched alkanes of at least 4 members (excludes halogenated alkanes) is 2. The van der Waals surface area contributed by atoms with E-state index in [1.165, 1.54) is 0 Å². The molecule has 7 heteroatoms. The molecule has 17 heavy (non-hydrogen) atoms. The summed E-state index contributed by atoms with van der Waals surface area (Å²) in [5.41, 5.74) is -0.522. The summed E-state index contributed by atoms with van der Waals surface area (Å²) in [5.74, 6) is -0.343. The molecule has 0 amide bonds. The van der Waals surface area contributed by atoms with E-state index < -0.39 is 18.9 Å². The Morgan fingerprint density at radius 1 is 1.12 bits per heavy atom. The van der Waals surface area contributed by atoms with Crippen LogP contribution >= 0.6 is 0 Å². The van der Waals surface area contributed by atoms with Gasteiger partial charge in [0.1, 0.15) is 5.60 Å². The van der Waals surface area contributed by atoms with E-state index in [1.54, 1.807) is 20.8 Å². The first-order valence-electron chi connectivity index (χ1n) is 5.53. The summed E-state index contributed by atoms with van der Waals surface area (Å²) in [6.07, 6.45) is 0.463. The Kier molecular flexibility index (Phi) is 10.7. The average Bonchev–Trinajstić information content (AvgIpc) is 1.97. The Morgan fingerprint density at radius 2 is 1.65 bits per heavy atom. The smallest absolute Gasteiger partial charge is 0.460 e. The van der Waals surface area contributed by atoms with Crippen LogP contribution in [0.15, 0.2) is 0 Å². The van der Waals surface area contributed by atoms with Crippen molar-refractivity contribution in [2.75, 3.05) is 0 Å². The van der Waals surface area contributed by atoms with Crippen molar-refractivity contribution in [2.24, 2.45) is 0 Å². The van der Waals surface area contributed by atoms with Gasteiger partial charge < -0.3 is 17.7 Å². The second kappa shape index (κ2) is 8.96. The van der Waals surface area contributed by atoms with Crippen molar-refractivity contribution in [3.8, 4) is 0 Å². The van der Waals surface area contributed by atoms with Crippen molar-refractivity contribution in [3.63, 3.8) is 0 Å². The van der Waals surface area contributed by atoms with Crippen LogP contribution in [0, 0.1) is 0 Å². The maximum Gasteiger partial charge on any atom is 1.00 e. The van der Waals surface area contributed by atoms with Crippen LogP contribution in [0.4, 0.5) is 12.9 Å². The van der Waals surface area contributed by atoms with E-state index >= 15 is 0 Å². The van der Waals surface area contributed by atoms with Crippen molar-refractivity contribution >= 4 is 12.9 Å². The SMILES string of the molecule is CC(C)(C)OC(=O)CCCCC[B-](F)(F)F.[K+]. The normalized spacial score (nSPS) is 11.9. The van der Waals surface area contributed by atoms with Gasteiger partial charge in [0.25, 0.3) is 0 Å². The molecule has 0 saturated carbocycles. The standard InChI is InChI=1S/C10H19BF3O2.K/c1-10(2,3)16-9(15)7-5-4-6-8-11(12,13)14;/h4-8H2,1-3H3;/q-1;+1. The molecule has 0 aliphatic heterocycles. The second-order valence-corrected chi connectivity index (χ2v) is 4.90. The van der Waals surface area contributed by atoms with E-state index in [9.17, 15) is 17.7 Å². The molecular weight excluding hydrogens is 259 g/mol. The number of hydrogen-bond donors (Lipinski definition) is 0. The van der Waals surface area contributed by atoms with E-state index in [1.807, 2.05) is 0 Å². The summed E-state index contributed by atoms with van der Waals surface area (Å²) in [6.45, 7) is 0.608. The van der Waals surface area contributed by atoms with Gasteiger partial charge in [-0.15, -0.1) is 0 Å². The van der Waals surface area contributed by atoms with Crippen LogP contribution < -0.4 is 51.4 Å². The Hall–Kier alpha value is 0.961. The van der Waals surface area contributed by atoms with Gasteiger partial charge in [-0.3, -0.25) is 4.79 Å². The Labute approximate surface area is 144 Å². The third-order valence-electron chi connectivity index (χ3n) is 1.83. The van der Waals surface area contributed by atoms with Gasteiger partial charge >= 0.3 is 64.3 Å². The Bertz CT molecular complexity index is 227. The molecule has 0 radical (unpaired) electrons. The molecule has 0 unspecified atom stereocenters. The van der Waals surface area contributed by atoms with Crippen molar-refractivity contribution < 1.29 is 73.9 Å². The quantitative estimate of drug-likeness (QED) is 0.407. The van der Waals surface area contributed by atoms with Crippen LogP contribution in [0.2, 0.25) is 6.32 Å². The van der Waals surface area contributed by atoms with Crippen LogP contribution in [0.1, 0.15) is 46.5 Å². The Morgan fingerprint density at radius 3 is 2.06 bits per heavy atom. The van der Waals surface area contributed by atoms with E-state index in [-0.39, 0.29) is 70.2 Å². The summed E-state index contributed by atoms with van der Waals surface area (Å²) in [4.78, 5) is 11.2. The van der Waals surface area contributed by atoms with Gasteiger partial charge in [-0.1, -0.05) is 19.2 Å². The summed E-state index contributed by atoms with van der Waals surface area (Å²) in [5, 5.41) is 0. The number of ether oxygens (including phenoxy) is 1. The predicted molar refractivity (Wildman–Crippen MR) is 58.2 cm³/mol. The molecular formula is C10H19BF3KO2. The van der Waals surface area contributed by atoms with Gasteiger partial charge in [-0.05, 0) is 27.2 Å². The maximum atomic E-state index is 11.8. The molecule has 96 valence electrons. The van der Waals surface area contributed by atoms with Gasteiger partial charge in [0, 0.05) is 6.42 Å². The summed E-state index contributed by atoms with van der Waals surface area (Å²) < 4.78 is 40.5. The molecule has 0 bridgehead atoms. The summed E-state index contributed by atoms with van der Waals surface area (Å²) in [6, 6.07) is 0. The number of esters is 1. The monoisotopic (exact) mass is 278 g/mol. The minimum absolute atomic E-state index is 0. The maximum absolute atomic E-state index is 11.8. The fourth-order valence-electron chi connectivity index (χ4n) is 1.21. The molecule has 0 aliphatic carbocycles. The minimum atomic E-state index is -4.68. The fourth-order valence-corrected chi connectivity index (χ4v) is 1.21. The number of halogens is 3. The largest absolute Gasteiger partial charge is 1.00 e. The third-order valence-corrected chi connectivity index (χ3v) is 1.83. The van der Waals surface area contributed by atoms with Crippen molar-refractivity contribution in [3.05, 3.63) is 0 Å². The number of rotatable bonds is 6. The van der Waals surface area contributed by atoms with Gasteiger partial charge in [-0.25, -0.2) is 0 Å². The van der Waals surface area contributed by atoms with E-state index in [4.69, 9.17) is 4.74 Å². The first-order valence-corrected chi connectivity index (χ1v) is 5.53. The van der Waals surface area contributed by atoms with Gasteiger partial charge in [0.05, 0.1) is 0 Å². The molecule has 0 aromatic heterocycles. The predicted octanol–water partition coefficient (Wildman–Crippen LogP) is 0.740. The van der Waals surface area contributed by atoms with E-state index in [2.05, 4.69) is 0 Å². The molecule has 0 aromatic carbocycles. The van der Waals surface area contributed by atoms with E-state index in [0.29, 0.717) is 12.8 Å². The molecule has 2 nitrogen and oxygen atoms in total. The first kappa shape index (κ1) is 20.3. The number of hydrogen-bond acceptors (Lipinski definition) is 2. The number of carbonyl (C=O) groups excluding carboxylic acids is 1. The Balaban J connectivity index is 0. The van der Waals surface area contributed by atoms with Gasteiger partial charge in [-0.2, -0.15) is 0 Å².